The number of rotatable bonds is 6. The van der Waals surface area contributed by atoms with Gasteiger partial charge in [0.15, 0.2) is 0 Å². The Kier molecular flexibility index (Phi) is 8.53. The Hall–Kier alpha value is -1.64. The second-order valence-electron chi connectivity index (χ2n) is 11.3. The van der Waals surface area contributed by atoms with Crippen molar-refractivity contribution in [2.45, 2.75) is 109 Å². The van der Waals surface area contributed by atoms with Crippen molar-refractivity contribution in [3.8, 4) is 0 Å². The molecule has 8 nitrogen and oxygen atoms in total. The molecule has 2 aliphatic carbocycles. The van der Waals surface area contributed by atoms with Crippen molar-refractivity contribution in [2.75, 3.05) is 20.1 Å². The van der Waals surface area contributed by atoms with E-state index in [-0.39, 0.29) is 36.1 Å². The van der Waals surface area contributed by atoms with Gasteiger partial charge in [-0.15, -0.1) is 0 Å². The molecule has 5 N–H and O–H groups in total. The maximum atomic E-state index is 13.2. The Morgan fingerprint density at radius 3 is 2.71 bits per heavy atom. The van der Waals surface area contributed by atoms with Crippen molar-refractivity contribution < 1.29 is 9.59 Å². The maximum absolute atomic E-state index is 13.2. The SMILES string of the molecule is CC(=O)N[C@@H]1CCN(C(=O)C2CCCC(NC3CC(N(C)C4=CC(C)CCC4)C[C@H](N)N3)C2)C1. The molecule has 8 heteroatoms. The van der Waals surface area contributed by atoms with E-state index < -0.39 is 0 Å². The minimum atomic E-state index is -0.0170. The molecule has 0 aromatic rings. The Balaban J connectivity index is 1.29. The summed E-state index contributed by atoms with van der Waals surface area (Å²) in [7, 11) is 2.24. The summed E-state index contributed by atoms with van der Waals surface area (Å²) in [6.07, 6.45) is 13.2. The monoisotopic (exact) mass is 474 g/mol. The van der Waals surface area contributed by atoms with Gasteiger partial charge in [0.2, 0.25) is 11.8 Å². The van der Waals surface area contributed by atoms with Crippen LogP contribution in [0.2, 0.25) is 0 Å². The van der Waals surface area contributed by atoms with Crippen LogP contribution >= 0.6 is 0 Å². The standard InChI is InChI=1S/C26H46N6O2/c1-17-6-4-9-22(12-17)31(3)23-14-24(27)30-25(15-23)29-20-8-5-7-19(13-20)26(34)32-11-10-21(16-32)28-18(2)33/h12,17,19-21,23-25,29-30H,4-11,13-16,27H2,1-3H3,(H,28,33)/t17?,19?,20?,21-,23?,24-,25?/m1/s1. The molecule has 34 heavy (non-hydrogen) atoms. The molecule has 4 rings (SSSR count). The van der Waals surface area contributed by atoms with Gasteiger partial charge in [-0.1, -0.05) is 19.4 Å². The number of carbonyl (C=O) groups excluding carboxylic acids is 2. The first-order chi connectivity index (χ1) is 16.3. The van der Waals surface area contributed by atoms with Gasteiger partial charge in [-0.3, -0.25) is 20.2 Å². The molecule has 0 aromatic heterocycles. The summed E-state index contributed by atoms with van der Waals surface area (Å²) >= 11 is 0. The van der Waals surface area contributed by atoms with E-state index >= 15 is 0 Å². The minimum Gasteiger partial charge on any atom is -0.375 e. The molecule has 0 spiro atoms. The summed E-state index contributed by atoms with van der Waals surface area (Å²) in [5.74, 6) is 0.990. The smallest absolute Gasteiger partial charge is 0.225 e. The highest BCUT2D eigenvalue weighted by atomic mass is 16.2. The predicted molar refractivity (Wildman–Crippen MR) is 134 cm³/mol. The molecule has 5 unspecified atom stereocenters. The molecule has 2 saturated heterocycles. The van der Waals surface area contributed by atoms with Crippen LogP contribution in [-0.2, 0) is 9.59 Å². The molecular weight excluding hydrogens is 428 g/mol. The fourth-order valence-electron chi connectivity index (χ4n) is 6.59. The molecule has 2 amide bonds. The lowest BCUT2D eigenvalue weighted by Gasteiger charge is -2.43. The van der Waals surface area contributed by atoms with Gasteiger partial charge < -0.3 is 20.9 Å². The predicted octanol–water partition coefficient (Wildman–Crippen LogP) is 1.87. The molecule has 0 aromatic carbocycles. The zero-order valence-corrected chi connectivity index (χ0v) is 21.4. The maximum Gasteiger partial charge on any atom is 0.225 e. The van der Waals surface area contributed by atoms with E-state index in [0.717, 1.165) is 51.5 Å². The number of likely N-dealkylation sites (tertiary alicyclic amines) is 1. The summed E-state index contributed by atoms with van der Waals surface area (Å²) in [6.45, 7) is 5.25. The number of nitrogens with zero attached hydrogens (tertiary/aromatic N) is 2. The van der Waals surface area contributed by atoms with Gasteiger partial charge in [0.25, 0.3) is 0 Å². The highest BCUT2D eigenvalue weighted by Crippen LogP contribution is 2.30. The molecule has 192 valence electrons. The molecule has 7 atom stereocenters. The van der Waals surface area contributed by atoms with Crippen molar-refractivity contribution in [3.63, 3.8) is 0 Å². The molecular formula is C26H46N6O2. The number of nitrogens with two attached hydrogens (primary N) is 1. The fourth-order valence-corrected chi connectivity index (χ4v) is 6.59. The van der Waals surface area contributed by atoms with E-state index in [1.807, 2.05) is 4.90 Å². The molecule has 2 aliphatic heterocycles. The summed E-state index contributed by atoms with van der Waals surface area (Å²) in [5.41, 5.74) is 7.91. The Labute approximate surface area is 205 Å². The fraction of sp³-hybridized carbons (Fsp3) is 0.846. The third kappa shape index (κ3) is 6.52. The largest absolute Gasteiger partial charge is 0.375 e. The van der Waals surface area contributed by atoms with Crippen LogP contribution < -0.4 is 21.7 Å². The van der Waals surface area contributed by atoms with E-state index in [2.05, 4.69) is 40.9 Å². The normalized spacial score (nSPS) is 36.6. The van der Waals surface area contributed by atoms with E-state index in [9.17, 15) is 9.59 Å². The van der Waals surface area contributed by atoms with Crippen LogP contribution in [0.4, 0.5) is 0 Å². The summed E-state index contributed by atoms with van der Waals surface area (Å²) < 4.78 is 0. The summed E-state index contributed by atoms with van der Waals surface area (Å²) in [5, 5.41) is 10.4. The molecule has 3 fully saturated rings. The second-order valence-corrected chi connectivity index (χ2v) is 11.3. The van der Waals surface area contributed by atoms with Crippen LogP contribution in [0.25, 0.3) is 0 Å². The highest BCUT2D eigenvalue weighted by molar-refractivity contribution is 5.79. The van der Waals surface area contributed by atoms with Crippen molar-refractivity contribution in [3.05, 3.63) is 11.8 Å². The van der Waals surface area contributed by atoms with Crippen molar-refractivity contribution >= 4 is 11.8 Å². The number of hydrogen-bond acceptors (Lipinski definition) is 6. The van der Waals surface area contributed by atoms with E-state index in [1.54, 1.807) is 6.92 Å². The molecule has 2 heterocycles. The lowest BCUT2D eigenvalue weighted by Crippen LogP contribution is -2.61. The van der Waals surface area contributed by atoms with Crippen molar-refractivity contribution in [1.82, 2.24) is 25.8 Å². The number of allylic oxidation sites excluding steroid dienone is 2. The minimum absolute atomic E-state index is 0.0161. The summed E-state index contributed by atoms with van der Waals surface area (Å²) in [4.78, 5) is 29.0. The van der Waals surface area contributed by atoms with E-state index in [1.165, 1.54) is 25.0 Å². The number of carbonyl (C=O) groups is 2. The van der Waals surface area contributed by atoms with Gasteiger partial charge in [0, 0.05) is 56.8 Å². The lowest BCUT2D eigenvalue weighted by atomic mass is 9.84. The van der Waals surface area contributed by atoms with Crippen LogP contribution in [-0.4, -0.2) is 72.2 Å². The molecule has 1 saturated carbocycles. The van der Waals surface area contributed by atoms with Gasteiger partial charge in [0.1, 0.15) is 0 Å². The van der Waals surface area contributed by atoms with E-state index in [0.29, 0.717) is 24.5 Å². The molecule has 4 aliphatic rings. The van der Waals surface area contributed by atoms with Crippen LogP contribution in [0.3, 0.4) is 0 Å². The van der Waals surface area contributed by atoms with Gasteiger partial charge in [-0.2, -0.15) is 0 Å². The van der Waals surface area contributed by atoms with Crippen LogP contribution in [0.1, 0.15) is 78.1 Å². The van der Waals surface area contributed by atoms with Crippen LogP contribution in [0.15, 0.2) is 11.8 Å². The first kappa shape index (κ1) is 25.5. The van der Waals surface area contributed by atoms with Crippen LogP contribution in [0, 0.1) is 11.8 Å². The number of hydrogen-bond donors (Lipinski definition) is 4. The third-order valence-corrected chi connectivity index (χ3v) is 8.39. The Morgan fingerprint density at radius 2 is 1.94 bits per heavy atom. The van der Waals surface area contributed by atoms with Gasteiger partial charge >= 0.3 is 0 Å². The van der Waals surface area contributed by atoms with Crippen LogP contribution in [0.5, 0.6) is 0 Å². The number of amides is 2. The number of nitrogens with one attached hydrogen (secondary N) is 3. The average molecular weight is 475 g/mol. The average Bonchev–Trinajstić information content (AvgIpc) is 3.25. The Bertz CT molecular complexity index is 758. The summed E-state index contributed by atoms with van der Waals surface area (Å²) in [6, 6.07) is 0.865. The molecule has 0 radical (unpaired) electrons. The quantitative estimate of drug-likeness (QED) is 0.469. The van der Waals surface area contributed by atoms with Gasteiger partial charge in [-0.25, -0.2) is 0 Å². The Morgan fingerprint density at radius 1 is 1.12 bits per heavy atom. The highest BCUT2D eigenvalue weighted by Gasteiger charge is 2.36. The van der Waals surface area contributed by atoms with Crippen molar-refractivity contribution in [1.29, 1.82) is 0 Å². The second kappa shape index (κ2) is 11.4. The first-order valence-corrected chi connectivity index (χ1v) is 13.6. The molecule has 0 bridgehead atoms. The zero-order chi connectivity index (χ0) is 24.2. The number of piperidine rings is 1. The van der Waals surface area contributed by atoms with Crippen molar-refractivity contribution in [2.24, 2.45) is 17.6 Å². The third-order valence-electron chi connectivity index (χ3n) is 8.39. The first-order valence-electron chi connectivity index (χ1n) is 13.6. The topological polar surface area (TPSA) is 103 Å². The van der Waals surface area contributed by atoms with E-state index in [4.69, 9.17) is 5.73 Å². The zero-order valence-electron chi connectivity index (χ0n) is 21.4. The lowest BCUT2D eigenvalue weighted by molar-refractivity contribution is -0.136. The van der Waals surface area contributed by atoms with Gasteiger partial charge in [0.05, 0.1) is 12.3 Å². The van der Waals surface area contributed by atoms with Gasteiger partial charge in [-0.05, 0) is 63.7 Å².